The van der Waals surface area contributed by atoms with Crippen molar-refractivity contribution in [2.24, 2.45) is 0 Å². The van der Waals surface area contributed by atoms with Crippen LogP contribution >= 0.6 is 0 Å². The SMILES string of the molecule is CCN(Cc1ccccc1)C(=O)N(CC(=O)O)C(C)C. The molecule has 1 aromatic carbocycles. The number of nitrogens with zero attached hydrogens (tertiary/aromatic N) is 2. The van der Waals surface area contributed by atoms with Gasteiger partial charge in [-0.1, -0.05) is 30.3 Å². The average molecular weight is 278 g/mol. The van der Waals surface area contributed by atoms with Crippen LogP contribution in [0.4, 0.5) is 4.79 Å². The molecule has 5 heteroatoms. The van der Waals surface area contributed by atoms with Crippen molar-refractivity contribution in [3.63, 3.8) is 0 Å². The molecule has 1 rings (SSSR count). The summed E-state index contributed by atoms with van der Waals surface area (Å²) >= 11 is 0. The van der Waals surface area contributed by atoms with Crippen molar-refractivity contribution in [2.75, 3.05) is 13.1 Å². The summed E-state index contributed by atoms with van der Waals surface area (Å²) in [6.07, 6.45) is 0. The second-order valence-electron chi connectivity index (χ2n) is 4.90. The smallest absolute Gasteiger partial charge is 0.323 e. The summed E-state index contributed by atoms with van der Waals surface area (Å²) in [5, 5.41) is 8.91. The number of hydrogen-bond acceptors (Lipinski definition) is 2. The van der Waals surface area contributed by atoms with Gasteiger partial charge in [-0.05, 0) is 26.3 Å². The highest BCUT2D eigenvalue weighted by Crippen LogP contribution is 2.09. The summed E-state index contributed by atoms with van der Waals surface area (Å²) in [5.41, 5.74) is 1.03. The molecule has 0 saturated carbocycles. The first-order valence-corrected chi connectivity index (χ1v) is 6.77. The Labute approximate surface area is 119 Å². The molecule has 2 amide bonds. The Morgan fingerprint density at radius 1 is 1.20 bits per heavy atom. The first-order valence-electron chi connectivity index (χ1n) is 6.77. The molecular formula is C15H22N2O3. The summed E-state index contributed by atoms with van der Waals surface area (Å²) < 4.78 is 0. The predicted octanol–water partition coefficient (Wildman–Crippen LogP) is 2.42. The maximum absolute atomic E-state index is 12.4. The third-order valence-electron chi connectivity index (χ3n) is 3.04. The molecule has 1 N–H and O–H groups in total. The van der Waals surface area contributed by atoms with Crippen LogP contribution in [0.3, 0.4) is 0 Å². The lowest BCUT2D eigenvalue weighted by Crippen LogP contribution is -2.48. The van der Waals surface area contributed by atoms with E-state index in [1.807, 2.05) is 51.1 Å². The zero-order valence-corrected chi connectivity index (χ0v) is 12.2. The van der Waals surface area contributed by atoms with Gasteiger partial charge >= 0.3 is 12.0 Å². The van der Waals surface area contributed by atoms with E-state index in [1.54, 1.807) is 4.90 Å². The summed E-state index contributed by atoms with van der Waals surface area (Å²) in [4.78, 5) is 26.3. The number of carboxylic acids is 1. The molecule has 0 heterocycles. The van der Waals surface area contributed by atoms with E-state index < -0.39 is 5.97 Å². The zero-order chi connectivity index (χ0) is 15.1. The number of hydrogen-bond donors (Lipinski definition) is 1. The van der Waals surface area contributed by atoms with Crippen molar-refractivity contribution < 1.29 is 14.7 Å². The van der Waals surface area contributed by atoms with Gasteiger partial charge in [0.2, 0.25) is 0 Å². The van der Waals surface area contributed by atoms with Crippen molar-refractivity contribution in [3.8, 4) is 0 Å². The monoisotopic (exact) mass is 278 g/mol. The van der Waals surface area contributed by atoms with Crippen LogP contribution in [0.5, 0.6) is 0 Å². The fourth-order valence-electron chi connectivity index (χ4n) is 1.92. The van der Waals surface area contributed by atoms with Gasteiger partial charge in [-0.3, -0.25) is 4.79 Å². The van der Waals surface area contributed by atoms with Gasteiger partial charge in [-0.15, -0.1) is 0 Å². The van der Waals surface area contributed by atoms with Crippen molar-refractivity contribution in [2.45, 2.75) is 33.4 Å². The predicted molar refractivity (Wildman–Crippen MR) is 77.4 cm³/mol. The molecule has 0 aliphatic carbocycles. The molecule has 1 aromatic rings. The fraction of sp³-hybridized carbons (Fsp3) is 0.467. The Morgan fingerprint density at radius 3 is 2.25 bits per heavy atom. The van der Waals surface area contributed by atoms with Crippen molar-refractivity contribution in [1.29, 1.82) is 0 Å². The number of benzene rings is 1. The first kappa shape index (κ1) is 16.0. The van der Waals surface area contributed by atoms with Gasteiger partial charge in [-0.2, -0.15) is 0 Å². The Hall–Kier alpha value is -2.04. The van der Waals surface area contributed by atoms with Crippen molar-refractivity contribution in [1.82, 2.24) is 9.80 Å². The molecule has 0 aromatic heterocycles. The molecule has 0 bridgehead atoms. The van der Waals surface area contributed by atoms with E-state index in [2.05, 4.69) is 0 Å². The summed E-state index contributed by atoms with van der Waals surface area (Å²) in [7, 11) is 0. The number of carbonyl (C=O) groups excluding carboxylic acids is 1. The molecule has 0 fully saturated rings. The Morgan fingerprint density at radius 2 is 1.80 bits per heavy atom. The van der Waals surface area contributed by atoms with Crippen LogP contribution in [-0.4, -0.2) is 46.0 Å². The van der Waals surface area contributed by atoms with Crippen LogP contribution in [0.1, 0.15) is 26.3 Å². The van der Waals surface area contributed by atoms with Crippen molar-refractivity contribution >= 4 is 12.0 Å². The molecule has 110 valence electrons. The third kappa shape index (κ3) is 4.57. The minimum absolute atomic E-state index is 0.150. The van der Waals surface area contributed by atoms with E-state index in [1.165, 1.54) is 4.90 Å². The van der Waals surface area contributed by atoms with E-state index in [-0.39, 0.29) is 18.6 Å². The van der Waals surface area contributed by atoms with Crippen LogP contribution in [0, 0.1) is 0 Å². The van der Waals surface area contributed by atoms with E-state index in [0.29, 0.717) is 13.1 Å². The number of aliphatic carboxylic acids is 1. The lowest BCUT2D eigenvalue weighted by molar-refractivity contribution is -0.138. The molecule has 0 radical (unpaired) electrons. The quantitative estimate of drug-likeness (QED) is 0.869. The normalized spacial score (nSPS) is 10.4. The largest absolute Gasteiger partial charge is 0.480 e. The van der Waals surface area contributed by atoms with Gasteiger partial charge in [0.15, 0.2) is 0 Å². The molecule has 5 nitrogen and oxygen atoms in total. The average Bonchev–Trinajstić information content (AvgIpc) is 2.42. The minimum Gasteiger partial charge on any atom is -0.480 e. The second-order valence-corrected chi connectivity index (χ2v) is 4.90. The number of amides is 2. The van der Waals surface area contributed by atoms with Crippen LogP contribution < -0.4 is 0 Å². The summed E-state index contributed by atoms with van der Waals surface area (Å²) in [6, 6.07) is 9.28. The molecule has 0 spiro atoms. The van der Waals surface area contributed by atoms with Crippen molar-refractivity contribution in [3.05, 3.63) is 35.9 Å². The van der Waals surface area contributed by atoms with Gasteiger partial charge in [0, 0.05) is 19.1 Å². The minimum atomic E-state index is -0.997. The van der Waals surface area contributed by atoms with Crippen LogP contribution in [0.15, 0.2) is 30.3 Å². The highest BCUT2D eigenvalue weighted by Gasteiger charge is 2.24. The van der Waals surface area contributed by atoms with E-state index in [9.17, 15) is 9.59 Å². The number of rotatable bonds is 6. The number of urea groups is 1. The first-order chi connectivity index (χ1) is 9.45. The van der Waals surface area contributed by atoms with E-state index in [0.717, 1.165) is 5.56 Å². The maximum atomic E-state index is 12.4. The highest BCUT2D eigenvalue weighted by atomic mass is 16.4. The Kier molecular flexibility index (Phi) is 6.03. The van der Waals surface area contributed by atoms with Crippen LogP contribution in [-0.2, 0) is 11.3 Å². The molecule has 0 aliphatic rings. The van der Waals surface area contributed by atoms with Gasteiger partial charge in [0.1, 0.15) is 6.54 Å². The lowest BCUT2D eigenvalue weighted by Gasteiger charge is -2.31. The standard InChI is InChI=1S/C15H22N2O3/c1-4-16(10-13-8-6-5-7-9-13)15(20)17(12(2)3)11-14(18)19/h5-9,12H,4,10-11H2,1-3H3,(H,18,19). The molecule has 0 saturated heterocycles. The summed E-state index contributed by atoms with van der Waals surface area (Å²) in [5.74, 6) is -0.997. The fourth-order valence-corrected chi connectivity index (χ4v) is 1.92. The van der Waals surface area contributed by atoms with Crippen LogP contribution in [0.2, 0.25) is 0 Å². The number of carboxylic acid groups (broad SMARTS) is 1. The molecule has 0 aliphatic heterocycles. The summed E-state index contributed by atoms with van der Waals surface area (Å²) in [6.45, 7) is 6.27. The topological polar surface area (TPSA) is 60.9 Å². The number of carbonyl (C=O) groups is 2. The van der Waals surface area contributed by atoms with Gasteiger partial charge in [-0.25, -0.2) is 4.79 Å². The second kappa shape index (κ2) is 7.53. The van der Waals surface area contributed by atoms with Gasteiger partial charge in [0.25, 0.3) is 0 Å². The van der Waals surface area contributed by atoms with Crippen LogP contribution in [0.25, 0.3) is 0 Å². The van der Waals surface area contributed by atoms with Gasteiger partial charge < -0.3 is 14.9 Å². The molecular weight excluding hydrogens is 256 g/mol. The van der Waals surface area contributed by atoms with Gasteiger partial charge in [0.05, 0.1) is 0 Å². The maximum Gasteiger partial charge on any atom is 0.323 e. The Balaban J connectivity index is 2.81. The molecule has 20 heavy (non-hydrogen) atoms. The zero-order valence-electron chi connectivity index (χ0n) is 12.2. The van der Waals surface area contributed by atoms with E-state index in [4.69, 9.17) is 5.11 Å². The molecule has 0 atom stereocenters. The Bertz CT molecular complexity index is 446. The lowest BCUT2D eigenvalue weighted by atomic mass is 10.2. The molecule has 0 unspecified atom stereocenters. The highest BCUT2D eigenvalue weighted by molar-refractivity contribution is 5.80. The van der Waals surface area contributed by atoms with E-state index >= 15 is 0 Å². The third-order valence-corrected chi connectivity index (χ3v) is 3.04.